The number of halogens is 1. The van der Waals surface area contributed by atoms with Crippen LogP contribution in [0.5, 0.6) is 0 Å². The third kappa shape index (κ3) is 4.00. The van der Waals surface area contributed by atoms with Crippen molar-refractivity contribution in [2.75, 3.05) is 16.8 Å². The van der Waals surface area contributed by atoms with Crippen LogP contribution in [-0.4, -0.2) is 17.4 Å². The molecule has 5 heteroatoms. The fourth-order valence-corrected chi connectivity index (χ4v) is 5.37. The van der Waals surface area contributed by atoms with E-state index < -0.39 is 0 Å². The van der Waals surface area contributed by atoms with Gasteiger partial charge in [-0.25, -0.2) is 0 Å². The summed E-state index contributed by atoms with van der Waals surface area (Å²) >= 11 is 10.0. The molecule has 114 valence electrons. The highest BCUT2D eigenvalue weighted by Gasteiger charge is 2.18. The van der Waals surface area contributed by atoms with E-state index in [9.17, 15) is 4.79 Å². The van der Waals surface area contributed by atoms with Crippen molar-refractivity contribution in [2.45, 2.75) is 11.0 Å². The minimum absolute atomic E-state index is 0.0445. The molecule has 2 aromatic rings. The van der Waals surface area contributed by atoms with Crippen molar-refractivity contribution < 1.29 is 4.79 Å². The molecule has 1 fully saturated rings. The van der Waals surface area contributed by atoms with Gasteiger partial charge in [-0.2, -0.15) is 0 Å². The zero-order chi connectivity index (χ0) is 15.4. The monoisotopic (exact) mass is 349 g/mol. The largest absolute Gasteiger partial charge is 0.326 e. The first-order valence-electron chi connectivity index (χ1n) is 7.09. The standard InChI is InChI=1S/C17H16ClNOS2/c18-15-7-2-1-4-12(15)11-16(20)19-14-6-3-5-13(10-14)17-21-8-9-22-17/h1-7,10,17H,8-9,11H2,(H,19,20). The minimum atomic E-state index is -0.0445. The number of hydrogen-bond acceptors (Lipinski definition) is 3. The first-order valence-corrected chi connectivity index (χ1v) is 9.56. The van der Waals surface area contributed by atoms with Gasteiger partial charge in [0, 0.05) is 22.2 Å². The predicted octanol–water partition coefficient (Wildman–Crippen LogP) is 5.00. The second-order valence-electron chi connectivity index (χ2n) is 5.02. The molecule has 1 saturated heterocycles. The summed E-state index contributed by atoms with van der Waals surface area (Å²) in [5.41, 5.74) is 2.96. The van der Waals surface area contributed by atoms with Crippen molar-refractivity contribution in [3.8, 4) is 0 Å². The Bertz CT molecular complexity index is 671. The van der Waals surface area contributed by atoms with Crippen molar-refractivity contribution in [1.29, 1.82) is 0 Å². The molecule has 2 nitrogen and oxygen atoms in total. The lowest BCUT2D eigenvalue weighted by molar-refractivity contribution is -0.115. The zero-order valence-corrected chi connectivity index (χ0v) is 14.3. The van der Waals surface area contributed by atoms with Crippen LogP contribution < -0.4 is 5.32 Å². The maximum atomic E-state index is 12.2. The van der Waals surface area contributed by atoms with Gasteiger partial charge < -0.3 is 5.32 Å². The molecule has 0 bridgehead atoms. The van der Waals surface area contributed by atoms with Crippen LogP contribution in [0.15, 0.2) is 48.5 Å². The van der Waals surface area contributed by atoms with Gasteiger partial charge in [0.15, 0.2) is 0 Å². The molecule has 3 rings (SSSR count). The quantitative estimate of drug-likeness (QED) is 0.842. The van der Waals surface area contributed by atoms with Gasteiger partial charge in [0.05, 0.1) is 11.0 Å². The zero-order valence-electron chi connectivity index (χ0n) is 11.9. The van der Waals surface area contributed by atoms with Gasteiger partial charge in [-0.3, -0.25) is 4.79 Å². The maximum absolute atomic E-state index is 12.2. The number of carbonyl (C=O) groups excluding carboxylic acids is 1. The summed E-state index contributed by atoms with van der Waals surface area (Å²) in [5.74, 6) is 2.34. The summed E-state index contributed by atoms with van der Waals surface area (Å²) in [6.07, 6.45) is 0.289. The van der Waals surface area contributed by atoms with Crippen LogP contribution in [0.1, 0.15) is 15.7 Å². The van der Waals surface area contributed by atoms with E-state index in [-0.39, 0.29) is 12.3 Å². The van der Waals surface area contributed by atoms with Crippen LogP contribution in [0.2, 0.25) is 5.02 Å². The average molecular weight is 350 g/mol. The first-order chi connectivity index (χ1) is 10.7. The Labute approximate surface area is 144 Å². The van der Waals surface area contributed by atoms with Crippen LogP contribution >= 0.6 is 35.1 Å². The predicted molar refractivity (Wildman–Crippen MR) is 97.9 cm³/mol. The maximum Gasteiger partial charge on any atom is 0.228 e. The molecule has 1 amide bonds. The molecular weight excluding hydrogens is 334 g/mol. The van der Waals surface area contributed by atoms with Gasteiger partial charge in [0.1, 0.15) is 0 Å². The van der Waals surface area contributed by atoms with E-state index in [0.717, 1.165) is 11.3 Å². The van der Waals surface area contributed by atoms with Crippen LogP contribution in [0.4, 0.5) is 5.69 Å². The summed E-state index contributed by atoms with van der Waals surface area (Å²) in [7, 11) is 0. The highest BCUT2D eigenvalue weighted by molar-refractivity contribution is 8.19. The number of hydrogen-bond donors (Lipinski definition) is 1. The van der Waals surface area contributed by atoms with Crippen molar-refractivity contribution in [3.63, 3.8) is 0 Å². The van der Waals surface area contributed by atoms with E-state index in [2.05, 4.69) is 17.4 Å². The third-order valence-electron chi connectivity index (χ3n) is 3.37. The van der Waals surface area contributed by atoms with E-state index in [4.69, 9.17) is 11.6 Å². The number of anilines is 1. The normalized spacial score (nSPS) is 15.0. The molecule has 0 aliphatic carbocycles. The number of thioether (sulfide) groups is 2. The molecule has 22 heavy (non-hydrogen) atoms. The molecule has 0 atom stereocenters. The lowest BCUT2D eigenvalue weighted by Crippen LogP contribution is -2.14. The van der Waals surface area contributed by atoms with Crippen LogP contribution in [-0.2, 0) is 11.2 Å². The number of amides is 1. The molecule has 0 unspecified atom stereocenters. The summed E-state index contributed by atoms with van der Waals surface area (Å²) < 4.78 is 0.486. The van der Waals surface area contributed by atoms with Gasteiger partial charge in [-0.1, -0.05) is 41.9 Å². The molecule has 0 radical (unpaired) electrons. The van der Waals surface area contributed by atoms with Gasteiger partial charge in [0.25, 0.3) is 0 Å². The average Bonchev–Trinajstić information content (AvgIpc) is 3.04. The second kappa shape index (κ2) is 7.44. The summed E-state index contributed by atoms with van der Waals surface area (Å²) in [5, 5.41) is 3.60. The third-order valence-corrected chi connectivity index (χ3v) is 6.85. The molecule has 1 aliphatic rings. The van der Waals surface area contributed by atoms with Crippen LogP contribution in [0.25, 0.3) is 0 Å². The first kappa shape index (κ1) is 15.8. The van der Waals surface area contributed by atoms with Crippen molar-refractivity contribution in [1.82, 2.24) is 0 Å². The Kier molecular flexibility index (Phi) is 5.34. The fraction of sp³-hybridized carbons (Fsp3) is 0.235. The van der Waals surface area contributed by atoms with E-state index in [1.165, 1.54) is 17.1 Å². The Hall–Kier alpha value is -1.10. The highest BCUT2D eigenvalue weighted by atomic mass is 35.5. The molecule has 0 spiro atoms. The lowest BCUT2D eigenvalue weighted by atomic mass is 10.1. The van der Waals surface area contributed by atoms with Gasteiger partial charge in [-0.15, -0.1) is 23.5 Å². The van der Waals surface area contributed by atoms with Crippen molar-refractivity contribution >= 4 is 46.7 Å². The Morgan fingerprint density at radius 3 is 2.68 bits per heavy atom. The number of nitrogens with one attached hydrogen (secondary N) is 1. The highest BCUT2D eigenvalue weighted by Crippen LogP contribution is 2.45. The molecule has 1 aliphatic heterocycles. The smallest absolute Gasteiger partial charge is 0.228 e. The van der Waals surface area contributed by atoms with Gasteiger partial charge in [0.2, 0.25) is 5.91 Å². The van der Waals surface area contributed by atoms with Crippen LogP contribution in [0, 0.1) is 0 Å². The molecule has 0 saturated carbocycles. The molecule has 2 aromatic carbocycles. The number of benzene rings is 2. The summed E-state index contributed by atoms with van der Waals surface area (Å²) in [6.45, 7) is 0. The minimum Gasteiger partial charge on any atom is -0.326 e. The fourth-order valence-electron chi connectivity index (χ4n) is 2.33. The van der Waals surface area contributed by atoms with E-state index >= 15 is 0 Å². The number of rotatable bonds is 4. The van der Waals surface area contributed by atoms with Crippen molar-refractivity contribution in [2.24, 2.45) is 0 Å². The lowest BCUT2D eigenvalue weighted by Gasteiger charge is -2.11. The summed E-state index contributed by atoms with van der Waals surface area (Å²) in [4.78, 5) is 12.2. The molecule has 1 heterocycles. The SMILES string of the molecule is O=C(Cc1ccccc1Cl)Nc1cccc(C2SCCS2)c1. The second-order valence-corrected chi connectivity index (χ2v) is 8.15. The van der Waals surface area contributed by atoms with Crippen molar-refractivity contribution in [3.05, 3.63) is 64.7 Å². The summed E-state index contributed by atoms with van der Waals surface area (Å²) in [6, 6.07) is 15.6. The van der Waals surface area contributed by atoms with E-state index in [1.54, 1.807) is 6.07 Å². The van der Waals surface area contributed by atoms with E-state index in [0.29, 0.717) is 9.60 Å². The molecule has 0 aromatic heterocycles. The van der Waals surface area contributed by atoms with Gasteiger partial charge in [-0.05, 0) is 29.3 Å². The van der Waals surface area contributed by atoms with Crippen LogP contribution in [0.3, 0.4) is 0 Å². The number of carbonyl (C=O) groups is 1. The topological polar surface area (TPSA) is 29.1 Å². The Balaban J connectivity index is 1.66. The molecule has 1 N–H and O–H groups in total. The van der Waals surface area contributed by atoms with E-state index in [1.807, 2.05) is 53.9 Å². The van der Waals surface area contributed by atoms with Gasteiger partial charge >= 0.3 is 0 Å². The molecular formula is C17H16ClNOS2. The Morgan fingerprint density at radius 2 is 1.91 bits per heavy atom. The Morgan fingerprint density at radius 1 is 1.14 bits per heavy atom.